The maximum Gasteiger partial charge on any atom is 0.241 e. The van der Waals surface area contributed by atoms with Crippen molar-refractivity contribution in [1.82, 2.24) is 10.0 Å². The van der Waals surface area contributed by atoms with Crippen LogP contribution in [0.25, 0.3) is 0 Å². The molecule has 0 aromatic heterocycles. The standard InChI is InChI=1S/C13H22N2O2S/c1-13(2,3)15-18(16,17)12-7-5-11(6-8-12)9-10-14-4/h5-8,14-15H,9-10H2,1-4H3. The van der Waals surface area contributed by atoms with Gasteiger partial charge in [0.2, 0.25) is 10.0 Å². The van der Waals surface area contributed by atoms with Gasteiger partial charge in [-0.15, -0.1) is 0 Å². The van der Waals surface area contributed by atoms with E-state index in [4.69, 9.17) is 0 Å². The molecule has 0 aliphatic rings. The minimum Gasteiger partial charge on any atom is -0.319 e. The molecular formula is C13H22N2O2S. The third-order valence-corrected chi connectivity index (χ3v) is 4.11. The van der Waals surface area contributed by atoms with E-state index in [1.54, 1.807) is 12.1 Å². The van der Waals surface area contributed by atoms with E-state index >= 15 is 0 Å². The molecule has 5 heteroatoms. The van der Waals surface area contributed by atoms with Gasteiger partial charge in [-0.1, -0.05) is 12.1 Å². The molecule has 4 nitrogen and oxygen atoms in total. The largest absolute Gasteiger partial charge is 0.319 e. The first-order valence-corrected chi connectivity index (χ1v) is 7.50. The molecule has 0 saturated heterocycles. The molecule has 0 bridgehead atoms. The Morgan fingerprint density at radius 1 is 1.11 bits per heavy atom. The Labute approximate surface area is 110 Å². The van der Waals surface area contributed by atoms with Crippen molar-refractivity contribution in [3.8, 4) is 0 Å². The van der Waals surface area contributed by atoms with Crippen LogP contribution in [-0.4, -0.2) is 27.5 Å². The van der Waals surface area contributed by atoms with Crippen molar-refractivity contribution in [3.05, 3.63) is 29.8 Å². The fourth-order valence-corrected chi connectivity index (χ4v) is 2.99. The van der Waals surface area contributed by atoms with Crippen LogP contribution < -0.4 is 10.0 Å². The Morgan fingerprint density at radius 2 is 1.67 bits per heavy atom. The van der Waals surface area contributed by atoms with Crippen molar-refractivity contribution in [2.75, 3.05) is 13.6 Å². The molecule has 0 radical (unpaired) electrons. The van der Waals surface area contributed by atoms with Crippen LogP contribution in [0.3, 0.4) is 0 Å². The maximum atomic E-state index is 12.0. The molecule has 0 spiro atoms. The topological polar surface area (TPSA) is 58.2 Å². The quantitative estimate of drug-likeness (QED) is 0.853. The number of hydrogen-bond acceptors (Lipinski definition) is 3. The predicted molar refractivity (Wildman–Crippen MR) is 74.1 cm³/mol. The average Bonchev–Trinajstić information content (AvgIpc) is 2.23. The van der Waals surface area contributed by atoms with Gasteiger partial charge >= 0.3 is 0 Å². The molecule has 0 atom stereocenters. The van der Waals surface area contributed by atoms with Crippen LogP contribution >= 0.6 is 0 Å². The lowest BCUT2D eigenvalue weighted by Crippen LogP contribution is -2.40. The van der Waals surface area contributed by atoms with Gasteiger partial charge in [-0.05, 0) is 58.5 Å². The summed E-state index contributed by atoms with van der Waals surface area (Å²) >= 11 is 0. The number of benzene rings is 1. The SMILES string of the molecule is CNCCc1ccc(S(=O)(=O)NC(C)(C)C)cc1. The summed E-state index contributed by atoms with van der Waals surface area (Å²) in [5.74, 6) is 0. The van der Waals surface area contributed by atoms with E-state index in [2.05, 4.69) is 10.0 Å². The molecule has 0 amide bonds. The number of hydrogen-bond donors (Lipinski definition) is 2. The Kier molecular flexibility index (Phi) is 4.90. The molecule has 102 valence electrons. The monoisotopic (exact) mass is 270 g/mol. The zero-order valence-corrected chi connectivity index (χ0v) is 12.3. The highest BCUT2D eigenvalue weighted by Crippen LogP contribution is 2.14. The highest BCUT2D eigenvalue weighted by Gasteiger charge is 2.21. The van der Waals surface area contributed by atoms with Gasteiger partial charge in [-0.2, -0.15) is 0 Å². The van der Waals surface area contributed by atoms with Gasteiger partial charge in [0.15, 0.2) is 0 Å². The molecule has 1 aromatic carbocycles. The van der Waals surface area contributed by atoms with Crippen LogP contribution in [0.4, 0.5) is 0 Å². The number of sulfonamides is 1. The second kappa shape index (κ2) is 5.82. The van der Waals surface area contributed by atoms with Crippen LogP contribution in [0.5, 0.6) is 0 Å². The van der Waals surface area contributed by atoms with Gasteiger partial charge < -0.3 is 5.32 Å². The van der Waals surface area contributed by atoms with Crippen molar-refractivity contribution in [2.45, 2.75) is 37.6 Å². The van der Waals surface area contributed by atoms with Crippen molar-refractivity contribution in [1.29, 1.82) is 0 Å². The van der Waals surface area contributed by atoms with E-state index < -0.39 is 15.6 Å². The molecular weight excluding hydrogens is 248 g/mol. The smallest absolute Gasteiger partial charge is 0.241 e. The molecule has 0 heterocycles. The molecule has 2 N–H and O–H groups in total. The summed E-state index contributed by atoms with van der Waals surface area (Å²) in [4.78, 5) is 0.311. The predicted octanol–water partition coefficient (Wildman–Crippen LogP) is 1.53. The number of likely N-dealkylation sites (N-methyl/N-ethyl adjacent to an activating group) is 1. The Morgan fingerprint density at radius 3 is 2.11 bits per heavy atom. The lowest BCUT2D eigenvalue weighted by atomic mass is 10.1. The maximum absolute atomic E-state index is 12.0. The van der Waals surface area contributed by atoms with Crippen molar-refractivity contribution in [3.63, 3.8) is 0 Å². The Balaban J connectivity index is 2.84. The van der Waals surface area contributed by atoms with Crippen molar-refractivity contribution < 1.29 is 8.42 Å². The van der Waals surface area contributed by atoms with Crippen LogP contribution in [0.15, 0.2) is 29.2 Å². The normalized spacial score (nSPS) is 12.7. The highest BCUT2D eigenvalue weighted by molar-refractivity contribution is 7.89. The van der Waals surface area contributed by atoms with Crippen LogP contribution in [0, 0.1) is 0 Å². The van der Waals surface area contributed by atoms with Gasteiger partial charge in [-0.3, -0.25) is 0 Å². The van der Waals surface area contributed by atoms with Crippen molar-refractivity contribution >= 4 is 10.0 Å². The van der Waals surface area contributed by atoms with Gasteiger partial charge in [0.1, 0.15) is 0 Å². The molecule has 18 heavy (non-hydrogen) atoms. The van der Waals surface area contributed by atoms with Crippen molar-refractivity contribution in [2.24, 2.45) is 0 Å². The van der Waals surface area contributed by atoms with E-state index in [1.165, 1.54) is 0 Å². The van der Waals surface area contributed by atoms with Gasteiger partial charge in [0, 0.05) is 5.54 Å². The molecule has 0 saturated carbocycles. The van der Waals surface area contributed by atoms with E-state index in [0.717, 1.165) is 18.5 Å². The summed E-state index contributed by atoms with van der Waals surface area (Å²) in [6.45, 7) is 6.36. The zero-order chi connectivity index (χ0) is 13.8. The average molecular weight is 270 g/mol. The fourth-order valence-electron chi connectivity index (χ4n) is 1.57. The molecule has 0 unspecified atom stereocenters. The third kappa shape index (κ3) is 4.76. The summed E-state index contributed by atoms with van der Waals surface area (Å²) in [5.41, 5.74) is 0.656. The fraction of sp³-hybridized carbons (Fsp3) is 0.538. The molecule has 0 aliphatic heterocycles. The summed E-state index contributed by atoms with van der Waals surface area (Å²) in [7, 11) is -1.53. The van der Waals surface area contributed by atoms with Crippen LogP contribution in [0.1, 0.15) is 26.3 Å². The van der Waals surface area contributed by atoms with E-state index in [0.29, 0.717) is 4.90 Å². The lowest BCUT2D eigenvalue weighted by Gasteiger charge is -2.20. The summed E-state index contributed by atoms with van der Waals surface area (Å²) in [5, 5.41) is 3.06. The first-order chi connectivity index (χ1) is 8.24. The van der Waals surface area contributed by atoms with Crippen LogP contribution in [0.2, 0.25) is 0 Å². The molecule has 1 aromatic rings. The molecule has 0 aliphatic carbocycles. The highest BCUT2D eigenvalue weighted by atomic mass is 32.2. The van der Waals surface area contributed by atoms with E-state index in [9.17, 15) is 8.42 Å². The first-order valence-electron chi connectivity index (χ1n) is 6.02. The summed E-state index contributed by atoms with van der Waals surface area (Å²) in [6.07, 6.45) is 0.892. The number of rotatable bonds is 5. The van der Waals surface area contributed by atoms with Gasteiger partial charge in [0.25, 0.3) is 0 Å². The molecule has 0 fully saturated rings. The van der Waals surface area contributed by atoms with E-state index in [1.807, 2.05) is 40.0 Å². The first kappa shape index (κ1) is 15.1. The minimum atomic E-state index is -3.42. The van der Waals surface area contributed by atoms with Crippen LogP contribution in [-0.2, 0) is 16.4 Å². The zero-order valence-electron chi connectivity index (χ0n) is 11.4. The van der Waals surface area contributed by atoms with Gasteiger partial charge in [-0.25, -0.2) is 13.1 Å². The Hall–Kier alpha value is -0.910. The number of nitrogens with one attached hydrogen (secondary N) is 2. The third-order valence-electron chi connectivity index (χ3n) is 2.34. The summed E-state index contributed by atoms with van der Waals surface area (Å²) in [6, 6.07) is 7.02. The molecule has 1 rings (SSSR count). The second-order valence-electron chi connectivity index (χ2n) is 5.35. The minimum absolute atomic E-state index is 0.311. The second-order valence-corrected chi connectivity index (χ2v) is 7.04. The van der Waals surface area contributed by atoms with E-state index in [-0.39, 0.29) is 0 Å². The van der Waals surface area contributed by atoms with Gasteiger partial charge in [0.05, 0.1) is 4.90 Å². The Bertz CT molecular complexity index is 473. The lowest BCUT2D eigenvalue weighted by molar-refractivity contribution is 0.491. The summed E-state index contributed by atoms with van der Waals surface area (Å²) < 4.78 is 26.7.